The van der Waals surface area contributed by atoms with Gasteiger partial charge >= 0.3 is 0 Å². The van der Waals surface area contributed by atoms with Crippen LogP contribution in [0.1, 0.15) is 34.5 Å². The Labute approximate surface area is 142 Å². The van der Waals surface area contributed by atoms with Crippen LogP contribution in [0.2, 0.25) is 0 Å². The van der Waals surface area contributed by atoms with Crippen LogP contribution in [0.25, 0.3) is 10.9 Å². The van der Waals surface area contributed by atoms with Crippen LogP contribution in [0.4, 0.5) is 0 Å². The van der Waals surface area contributed by atoms with E-state index in [4.69, 9.17) is 0 Å². The molecular weight excluding hydrogens is 302 g/mol. The SMILES string of the molecule is Cc1c(C(=O)c2ccccc2)c2ccccc2n1CCCCS. The number of nitrogens with zero attached hydrogens (tertiary/aromatic N) is 1. The first kappa shape index (κ1) is 15.9. The van der Waals surface area contributed by atoms with E-state index in [0.29, 0.717) is 0 Å². The average molecular weight is 323 g/mol. The topological polar surface area (TPSA) is 22.0 Å². The Morgan fingerprint density at radius 3 is 2.43 bits per heavy atom. The van der Waals surface area contributed by atoms with Crippen LogP contribution in [0.15, 0.2) is 54.6 Å². The number of benzene rings is 2. The lowest BCUT2D eigenvalue weighted by atomic mass is 10.0. The summed E-state index contributed by atoms with van der Waals surface area (Å²) in [5.41, 5.74) is 3.77. The fourth-order valence-electron chi connectivity index (χ4n) is 3.12. The predicted molar refractivity (Wildman–Crippen MR) is 99.6 cm³/mol. The largest absolute Gasteiger partial charge is 0.344 e. The molecule has 3 aromatic rings. The van der Waals surface area contributed by atoms with Crippen molar-refractivity contribution in [2.24, 2.45) is 0 Å². The lowest BCUT2D eigenvalue weighted by Gasteiger charge is -2.08. The number of para-hydroxylation sites is 1. The summed E-state index contributed by atoms with van der Waals surface area (Å²) in [4.78, 5) is 13.0. The predicted octanol–water partition coefficient (Wildman–Crippen LogP) is 4.89. The highest BCUT2D eigenvalue weighted by Gasteiger charge is 2.20. The second kappa shape index (κ2) is 7.05. The van der Waals surface area contributed by atoms with E-state index in [1.54, 1.807) is 0 Å². The van der Waals surface area contributed by atoms with Crippen LogP contribution >= 0.6 is 12.6 Å². The molecule has 0 atom stereocenters. The van der Waals surface area contributed by atoms with E-state index in [-0.39, 0.29) is 5.78 Å². The van der Waals surface area contributed by atoms with Crippen molar-refractivity contribution in [3.05, 3.63) is 71.4 Å². The number of aryl methyl sites for hydroxylation is 1. The molecule has 0 bridgehead atoms. The van der Waals surface area contributed by atoms with E-state index in [1.807, 2.05) is 48.5 Å². The Hall–Kier alpha value is -2.00. The average Bonchev–Trinajstić information content (AvgIpc) is 2.87. The first-order valence-electron chi connectivity index (χ1n) is 8.02. The summed E-state index contributed by atoms with van der Waals surface area (Å²) in [7, 11) is 0. The van der Waals surface area contributed by atoms with E-state index in [0.717, 1.165) is 52.9 Å². The number of carbonyl (C=O) groups is 1. The van der Waals surface area contributed by atoms with Gasteiger partial charge in [0.25, 0.3) is 0 Å². The smallest absolute Gasteiger partial charge is 0.195 e. The van der Waals surface area contributed by atoms with E-state index in [1.165, 1.54) is 0 Å². The number of hydrogen-bond acceptors (Lipinski definition) is 2. The highest BCUT2D eigenvalue weighted by Crippen LogP contribution is 2.28. The molecule has 118 valence electrons. The number of thiol groups is 1. The molecule has 0 unspecified atom stereocenters. The number of hydrogen-bond donors (Lipinski definition) is 1. The third kappa shape index (κ3) is 3.06. The van der Waals surface area contributed by atoms with Gasteiger partial charge in [-0.3, -0.25) is 4.79 Å². The number of carbonyl (C=O) groups excluding carboxylic acids is 1. The summed E-state index contributed by atoms with van der Waals surface area (Å²) in [5.74, 6) is 1.00. The van der Waals surface area contributed by atoms with Crippen LogP contribution in [0.5, 0.6) is 0 Å². The molecule has 0 aliphatic rings. The molecule has 1 aromatic heterocycles. The van der Waals surface area contributed by atoms with E-state index in [9.17, 15) is 4.79 Å². The van der Waals surface area contributed by atoms with Crippen LogP contribution < -0.4 is 0 Å². The van der Waals surface area contributed by atoms with Crippen LogP contribution in [0, 0.1) is 6.92 Å². The standard InChI is InChI=1S/C20H21NOS/c1-15-19(20(22)16-9-3-2-4-10-16)17-11-5-6-12-18(17)21(15)13-7-8-14-23/h2-6,9-12,23H,7-8,13-14H2,1H3. The number of fused-ring (bicyclic) bond motifs is 1. The zero-order valence-corrected chi connectivity index (χ0v) is 14.2. The van der Waals surface area contributed by atoms with Crippen molar-refractivity contribution >= 4 is 29.3 Å². The fraction of sp³-hybridized carbons (Fsp3) is 0.250. The third-order valence-electron chi connectivity index (χ3n) is 4.28. The summed E-state index contributed by atoms with van der Waals surface area (Å²) in [5, 5.41) is 1.05. The molecule has 23 heavy (non-hydrogen) atoms. The number of aromatic nitrogens is 1. The summed E-state index contributed by atoms with van der Waals surface area (Å²) in [6.07, 6.45) is 2.15. The van der Waals surface area contributed by atoms with Crippen molar-refractivity contribution in [2.75, 3.05) is 5.75 Å². The van der Waals surface area contributed by atoms with Gasteiger partial charge in [-0.1, -0.05) is 48.5 Å². The summed E-state index contributed by atoms with van der Waals surface area (Å²) >= 11 is 4.29. The molecule has 1 heterocycles. The second-order valence-electron chi connectivity index (χ2n) is 5.76. The fourth-order valence-corrected chi connectivity index (χ4v) is 3.34. The molecule has 0 N–H and O–H groups in total. The third-order valence-corrected chi connectivity index (χ3v) is 4.60. The van der Waals surface area contributed by atoms with Crippen molar-refractivity contribution in [2.45, 2.75) is 26.3 Å². The molecule has 2 nitrogen and oxygen atoms in total. The van der Waals surface area contributed by atoms with Gasteiger partial charge in [-0.15, -0.1) is 0 Å². The molecule has 0 aliphatic heterocycles. The minimum atomic E-state index is 0.104. The van der Waals surface area contributed by atoms with Crippen molar-refractivity contribution in [1.82, 2.24) is 4.57 Å². The van der Waals surface area contributed by atoms with Gasteiger partial charge in [-0.2, -0.15) is 12.6 Å². The Bertz CT molecular complexity index is 820. The molecule has 3 heteroatoms. The maximum Gasteiger partial charge on any atom is 0.195 e. The highest BCUT2D eigenvalue weighted by molar-refractivity contribution is 7.80. The van der Waals surface area contributed by atoms with E-state index >= 15 is 0 Å². The van der Waals surface area contributed by atoms with Gasteiger partial charge in [0.2, 0.25) is 0 Å². The van der Waals surface area contributed by atoms with E-state index in [2.05, 4.69) is 30.2 Å². The highest BCUT2D eigenvalue weighted by atomic mass is 32.1. The molecule has 2 aromatic carbocycles. The van der Waals surface area contributed by atoms with Gasteiger partial charge in [0.05, 0.1) is 5.56 Å². The van der Waals surface area contributed by atoms with Gasteiger partial charge in [0, 0.05) is 28.7 Å². The van der Waals surface area contributed by atoms with Crippen LogP contribution in [-0.2, 0) is 6.54 Å². The normalized spacial score (nSPS) is 11.0. The summed E-state index contributed by atoms with van der Waals surface area (Å²) in [6, 6.07) is 17.7. The summed E-state index contributed by atoms with van der Waals surface area (Å²) < 4.78 is 2.27. The molecule has 0 radical (unpaired) electrons. The molecule has 0 spiro atoms. The quantitative estimate of drug-likeness (QED) is 0.389. The molecule has 0 aliphatic carbocycles. The molecule has 0 saturated carbocycles. The van der Waals surface area contributed by atoms with Crippen LogP contribution in [0.3, 0.4) is 0 Å². The number of ketones is 1. The number of rotatable bonds is 6. The van der Waals surface area contributed by atoms with Crippen molar-refractivity contribution in [1.29, 1.82) is 0 Å². The molecule has 0 fully saturated rings. The van der Waals surface area contributed by atoms with Gasteiger partial charge < -0.3 is 4.57 Å². The maximum atomic E-state index is 13.0. The lowest BCUT2D eigenvalue weighted by molar-refractivity contribution is 0.103. The number of unbranched alkanes of at least 4 members (excludes halogenated alkanes) is 1. The zero-order valence-electron chi connectivity index (χ0n) is 13.3. The van der Waals surface area contributed by atoms with E-state index < -0.39 is 0 Å². The van der Waals surface area contributed by atoms with Gasteiger partial charge in [0.1, 0.15) is 0 Å². The van der Waals surface area contributed by atoms with Gasteiger partial charge in [-0.05, 0) is 31.6 Å². The molecule has 3 rings (SSSR count). The second-order valence-corrected chi connectivity index (χ2v) is 6.20. The van der Waals surface area contributed by atoms with Crippen molar-refractivity contribution in [3.8, 4) is 0 Å². The Kier molecular flexibility index (Phi) is 4.87. The Morgan fingerprint density at radius 1 is 1.00 bits per heavy atom. The molecular formula is C20H21NOS. The first-order chi connectivity index (χ1) is 11.2. The van der Waals surface area contributed by atoms with Gasteiger partial charge in [0.15, 0.2) is 5.78 Å². The monoisotopic (exact) mass is 323 g/mol. The maximum absolute atomic E-state index is 13.0. The Morgan fingerprint density at radius 2 is 1.70 bits per heavy atom. The molecule has 0 amide bonds. The Balaban J connectivity index is 2.10. The summed E-state index contributed by atoms with van der Waals surface area (Å²) in [6.45, 7) is 2.98. The minimum absolute atomic E-state index is 0.104. The zero-order chi connectivity index (χ0) is 16.2. The van der Waals surface area contributed by atoms with Gasteiger partial charge in [-0.25, -0.2) is 0 Å². The van der Waals surface area contributed by atoms with Crippen LogP contribution in [-0.4, -0.2) is 16.1 Å². The first-order valence-corrected chi connectivity index (χ1v) is 8.65. The van der Waals surface area contributed by atoms with Crippen molar-refractivity contribution < 1.29 is 4.79 Å². The van der Waals surface area contributed by atoms with Crippen molar-refractivity contribution in [3.63, 3.8) is 0 Å². The molecule has 0 saturated heterocycles. The lowest BCUT2D eigenvalue weighted by Crippen LogP contribution is -2.05. The minimum Gasteiger partial charge on any atom is -0.344 e.